The van der Waals surface area contributed by atoms with Gasteiger partial charge in [-0.15, -0.1) is 0 Å². The van der Waals surface area contributed by atoms with Gasteiger partial charge in [0.05, 0.1) is 0 Å². The standard InChI is InChI=1S/C15H22O2Si/c1-16-18(17-2)12-11-15(13-7-3-4-8-13)14-9-5-6-10-14/h3-7,9,15,18H,8,10-12H2,1-2H3. The van der Waals surface area contributed by atoms with E-state index < -0.39 is 9.28 Å². The minimum Gasteiger partial charge on any atom is -0.400 e. The first kappa shape index (κ1) is 13.5. The van der Waals surface area contributed by atoms with Gasteiger partial charge in [0.1, 0.15) is 0 Å². The SMILES string of the molecule is CO[SiH](CCC(C1=CC=CC1)C1=CC=CC1)OC. The highest BCUT2D eigenvalue weighted by atomic mass is 28.3. The lowest BCUT2D eigenvalue weighted by molar-refractivity contribution is 0.275. The van der Waals surface area contributed by atoms with Crippen LogP contribution in [0.25, 0.3) is 0 Å². The zero-order chi connectivity index (χ0) is 12.8. The van der Waals surface area contributed by atoms with Crippen molar-refractivity contribution >= 4 is 9.28 Å². The molecule has 2 aliphatic carbocycles. The highest BCUT2D eigenvalue weighted by molar-refractivity contribution is 6.44. The molecule has 0 saturated heterocycles. The Labute approximate surface area is 112 Å². The fourth-order valence-electron chi connectivity index (χ4n) is 2.69. The van der Waals surface area contributed by atoms with Crippen LogP contribution in [0.2, 0.25) is 6.04 Å². The van der Waals surface area contributed by atoms with Crippen molar-refractivity contribution in [2.45, 2.75) is 25.3 Å². The van der Waals surface area contributed by atoms with E-state index >= 15 is 0 Å². The molecule has 0 fully saturated rings. The average molecular weight is 262 g/mol. The van der Waals surface area contributed by atoms with Crippen molar-refractivity contribution in [1.82, 2.24) is 0 Å². The van der Waals surface area contributed by atoms with E-state index in [0.29, 0.717) is 5.92 Å². The molecule has 0 bridgehead atoms. The smallest absolute Gasteiger partial charge is 0.320 e. The molecule has 3 heteroatoms. The Morgan fingerprint density at radius 2 is 1.61 bits per heavy atom. The molecule has 0 radical (unpaired) electrons. The Morgan fingerprint density at radius 3 is 2.00 bits per heavy atom. The summed E-state index contributed by atoms with van der Waals surface area (Å²) in [5.41, 5.74) is 3.09. The van der Waals surface area contributed by atoms with Crippen LogP contribution in [0.15, 0.2) is 47.6 Å². The Morgan fingerprint density at radius 1 is 1.06 bits per heavy atom. The normalized spacial score (nSPS) is 18.0. The number of rotatable bonds is 7. The first-order valence-corrected chi connectivity index (χ1v) is 8.38. The van der Waals surface area contributed by atoms with E-state index in [0.717, 1.165) is 25.3 Å². The molecule has 0 N–H and O–H groups in total. The topological polar surface area (TPSA) is 18.5 Å². The fourth-order valence-corrected chi connectivity index (χ4v) is 3.96. The summed E-state index contributed by atoms with van der Waals surface area (Å²) in [4.78, 5) is 0. The van der Waals surface area contributed by atoms with Crippen LogP contribution in [0, 0.1) is 5.92 Å². The zero-order valence-corrected chi connectivity index (χ0v) is 12.4. The Bertz CT molecular complexity index is 359. The van der Waals surface area contributed by atoms with Crippen molar-refractivity contribution in [3.05, 3.63) is 47.6 Å². The van der Waals surface area contributed by atoms with E-state index in [1.807, 2.05) is 0 Å². The van der Waals surface area contributed by atoms with Gasteiger partial charge in [-0.25, -0.2) is 0 Å². The summed E-state index contributed by atoms with van der Waals surface area (Å²) in [5, 5.41) is 0. The quantitative estimate of drug-likeness (QED) is 0.656. The van der Waals surface area contributed by atoms with Crippen LogP contribution in [0.3, 0.4) is 0 Å². The van der Waals surface area contributed by atoms with E-state index in [-0.39, 0.29) is 0 Å². The second-order valence-electron chi connectivity index (χ2n) is 4.78. The largest absolute Gasteiger partial charge is 0.400 e. The van der Waals surface area contributed by atoms with Crippen LogP contribution in [0.1, 0.15) is 19.3 Å². The van der Waals surface area contributed by atoms with Gasteiger partial charge in [0, 0.05) is 20.1 Å². The lowest BCUT2D eigenvalue weighted by Crippen LogP contribution is -2.20. The third-order valence-electron chi connectivity index (χ3n) is 3.71. The van der Waals surface area contributed by atoms with Gasteiger partial charge in [0.2, 0.25) is 0 Å². The number of allylic oxidation sites excluding steroid dienone is 8. The second kappa shape index (κ2) is 6.88. The molecule has 0 aromatic carbocycles. The summed E-state index contributed by atoms with van der Waals surface area (Å²) in [5.74, 6) is 0.579. The highest BCUT2D eigenvalue weighted by Gasteiger charge is 2.22. The third kappa shape index (κ3) is 3.31. The van der Waals surface area contributed by atoms with Gasteiger partial charge in [-0.05, 0) is 25.3 Å². The van der Waals surface area contributed by atoms with Gasteiger partial charge < -0.3 is 8.85 Å². The van der Waals surface area contributed by atoms with E-state index in [9.17, 15) is 0 Å². The molecule has 0 saturated carbocycles. The van der Waals surface area contributed by atoms with Crippen molar-refractivity contribution in [3.63, 3.8) is 0 Å². The Balaban J connectivity index is 1.97. The van der Waals surface area contributed by atoms with E-state index in [1.54, 1.807) is 25.4 Å². The van der Waals surface area contributed by atoms with Crippen molar-refractivity contribution in [3.8, 4) is 0 Å². The second-order valence-corrected chi connectivity index (χ2v) is 7.16. The molecule has 0 spiro atoms. The molecular weight excluding hydrogens is 240 g/mol. The first-order chi connectivity index (χ1) is 8.85. The maximum absolute atomic E-state index is 5.42. The molecule has 0 aromatic heterocycles. The molecule has 0 amide bonds. The van der Waals surface area contributed by atoms with Crippen LogP contribution in [0.4, 0.5) is 0 Å². The monoisotopic (exact) mass is 262 g/mol. The van der Waals surface area contributed by atoms with Crippen LogP contribution in [-0.2, 0) is 8.85 Å². The Kier molecular flexibility index (Phi) is 5.17. The fraction of sp³-hybridized carbons (Fsp3) is 0.467. The molecule has 2 aliphatic rings. The van der Waals surface area contributed by atoms with Crippen LogP contribution in [-0.4, -0.2) is 23.5 Å². The maximum atomic E-state index is 5.42. The summed E-state index contributed by atoms with van der Waals surface area (Å²) in [6, 6.07) is 1.08. The molecule has 18 heavy (non-hydrogen) atoms. The number of hydrogen-bond acceptors (Lipinski definition) is 2. The lowest BCUT2D eigenvalue weighted by atomic mass is 9.87. The van der Waals surface area contributed by atoms with Crippen molar-refractivity contribution in [2.75, 3.05) is 14.2 Å². The van der Waals surface area contributed by atoms with Gasteiger partial charge in [-0.1, -0.05) is 47.6 Å². The van der Waals surface area contributed by atoms with E-state index in [1.165, 1.54) is 0 Å². The minimum absolute atomic E-state index is 0.579. The van der Waals surface area contributed by atoms with Crippen molar-refractivity contribution in [2.24, 2.45) is 5.92 Å². The maximum Gasteiger partial charge on any atom is 0.320 e. The van der Waals surface area contributed by atoms with E-state index in [4.69, 9.17) is 8.85 Å². The van der Waals surface area contributed by atoms with Crippen LogP contribution < -0.4 is 0 Å². The van der Waals surface area contributed by atoms with Gasteiger partial charge in [0.15, 0.2) is 0 Å². The van der Waals surface area contributed by atoms with Gasteiger partial charge in [-0.2, -0.15) is 0 Å². The zero-order valence-electron chi connectivity index (χ0n) is 11.3. The van der Waals surface area contributed by atoms with Crippen LogP contribution in [0.5, 0.6) is 0 Å². The van der Waals surface area contributed by atoms with E-state index in [2.05, 4.69) is 36.5 Å². The lowest BCUT2D eigenvalue weighted by Gasteiger charge is -2.21. The van der Waals surface area contributed by atoms with Gasteiger partial charge >= 0.3 is 9.28 Å². The van der Waals surface area contributed by atoms with Crippen molar-refractivity contribution < 1.29 is 8.85 Å². The summed E-state index contributed by atoms with van der Waals surface area (Å²) in [7, 11) is 2.10. The molecule has 2 nitrogen and oxygen atoms in total. The van der Waals surface area contributed by atoms with Crippen LogP contribution >= 0.6 is 0 Å². The first-order valence-electron chi connectivity index (χ1n) is 6.62. The average Bonchev–Trinajstić information content (AvgIpc) is 3.07. The third-order valence-corrected chi connectivity index (χ3v) is 5.57. The molecule has 0 aliphatic heterocycles. The van der Waals surface area contributed by atoms with Gasteiger partial charge in [-0.3, -0.25) is 0 Å². The molecule has 0 atom stereocenters. The molecular formula is C15H22O2Si. The molecule has 0 heterocycles. The summed E-state index contributed by atoms with van der Waals surface area (Å²) >= 11 is 0. The van der Waals surface area contributed by atoms with Gasteiger partial charge in [0.25, 0.3) is 0 Å². The summed E-state index contributed by atoms with van der Waals surface area (Å²) in [6.45, 7) is 0. The highest BCUT2D eigenvalue weighted by Crippen LogP contribution is 2.34. The summed E-state index contributed by atoms with van der Waals surface area (Å²) in [6.07, 6.45) is 16.8. The number of hydrogen-bond donors (Lipinski definition) is 0. The molecule has 2 rings (SSSR count). The predicted octanol–water partition coefficient (Wildman–Crippen LogP) is 3.28. The predicted molar refractivity (Wildman–Crippen MR) is 77.8 cm³/mol. The van der Waals surface area contributed by atoms with Crippen molar-refractivity contribution in [1.29, 1.82) is 0 Å². The molecule has 0 unspecified atom stereocenters. The molecule has 98 valence electrons. The Hall–Kier alpha value is -0.903. The minimum atomic E-state index is -1.43. The summed E-state index contributed by atoms with van der Waals surface area (Å²) < 4.78 is 10.8. The molecule has 0 aromatic rings.